The van der Waals surface area contributed by atoms with Crippen LogP contribution in [-0.2, 0) is 19.0 Å². The molecule has 0 radical (unpaired) electrons. The van der Waals surface area contributed by atoms with Crippen molar-refractivity contribution in [2.24, 2.45) is 5.92 Å². The zero-order chi connectivity index (χ0) is 15.3. The van der Waals surface area contributed by atoms with E-state index in [1.54, 1.807) is 12.0 Å². The van der Waals surface area contributed by atoms with Crippen molar-refractivity contribution in [2.75, 3.05) is 27.3 Å². The largest absolute Gasteiger partial charge is 0.469 e. The molecule has 0 saturated carbocycles. The van der Waals surface area contributed by atoms with E-state index < -0.39 is 5.60 Å². The number of likely N-dealkylation sites (tertiary alicyclic amines) is 1. The minimum Gasteiger partial charge on any atom is -0.469 e. The van der Waals surface area contributed by atoms with E-state index in [9.17, 15) is 9.59 Å². The van der Waals surface area contributed by atoms with Gasteiger partial charge in [0.25, 0.3) is 0 Å². The second-order valence-corrected chi connectivity index (χ2v) is 6.03. The first-order valence-corrected chi connectivity index (χ1v) is 6.84. The summed E-state index contributed by atoms with van der Waals surface area (Å²) in [5.74, 6) is -0.350. The molecular weight excluding hydrogens is 262 g/mol. The van der Waals surface area contributed by atoms with E-state index in [1.165, 1.54) is 7.11 Å². The number of ether oxygens (including phenoxy) is 3. The van der Waals surface area contributed by atoms with Gasteiger partial charge < -0.3 is 19.1 Å². The number of amides is 1. The van der Waals surface area contributed by atoms with Crippen molar-refractivity contribution >= 4 is 12.1 Å². The molecule has 1 saturated heterocycles. The second-order valence-electron chi connectivity index (χ2n) is 6.03. The van der Waals surface area contributed by atoms with Crippen molar-refractivity contribution in [3.05, 3.63) is 0 Å². The van der Waals surface area contributed by atoms with Crippen LogP contribution in [0.15, 0.2) is 0 Å². The quantitative estimate of drug-likeness (QED) is 0.741. The van der Waals surface area contributed by atoms with Crippen LogP contribution in [0.25, 0.3) is 0 Å². The molecular formula is C14H25NO5. The Balaban J connectivity index is 2.64. The third kappa shape index (κ3) is 5.00. The number of methoxy groups -OCH3 is 2. The highest BCUT2D eigenvalue weighted by atomic mass is 16.6. The molecule has 1 rings (SSSR count). The van der Waals surface area contributed by atoms with Crippen LogP contribution >= 0.6 is 0 Å². The van der Waals surface area contributed by atoms with E-state index in [0.29, 0.717) is 19.5 Å². The fraction of sp³-hybridized carbons (Fsp3) is 0.857. The minimum absolute atomic E-state index is 0.0345. The molecule has 0 aromatic rings. The molecule has 6 nitrogen and oxygen atoms in total. The van der Waals surface area contributed by atoms with Crippen molar-refractivity contribution in [3.63, 3.8) is 0 Å². The Bertz CT molecular complexity index is 350. The lowest BCUT2D eigenvalue weighted by Gasteiger charge is -2.37. The van der Waals surface area contributed by atoms with Crippen molar-refractivity contribution in [3.8, 4) is 0 Å². The van der Waals surface area contributed by atoms with Gasteiger partial charge in [-0.15, -0.1) is 0 Å². The summed E-state index contributed by atoms with van der Waals surface area (Å²) in [6, 6.07) is 0. The van der Waals surface area contributed by atoms with Crippen LogP contribution in [0, 0.1) is 5.92 Å². The molecule has 116 valence electrons. The third-order valence-electron chi connectivity index (χ3n) is 3.28. The van der Waals surface area contributed by atoms with Gasteiger partial charge in [0.15, 0.2) is 0 Å². The van der Waals surface area contributed by atoms with E-state index in [1.807, 2.05) is 20.8 Å². The zero-order valence-corrected chi connectivity index (χ0v) is 13.0. The van der Waals surface area contributed by atoms with Crippen molar-refractivity contribution in [2.45, 2.75) is 45.3 Å². The highest BCUT2D eigenvalue weighted by Crippen LogP contribution is 2.24. The van der Waals surface area contributed by atoms with Crippen molar-refractivity contribution < 1.29 is 23.8 Å². The van der Waals surface area contributed by atoms with E-state index in [0.717, 1.165) is 0 Å². The average Bonchev–Trinajstić information content (AvgIpc) is 2.36. The molecule has 0 aliphatic carbocycles. The Morgan fingerprint density at radius 1 is 1.25 bits per heavy atom. The highest BCUT2D eigenvalue weighted by molar-refractivity contribution is 5.70. The van der Waals surface area contributed by atoms with Crippen LogP contribution in [-0.4, -0.2) is 56.0 Å². The zero-order valence-electron chi connectivity index (χ0n) is 13.0. The lowest BCUT2D eigenvalue weighted by Crippen LogP contribution is -2.48. The Hall–Kier alpha value is -1.30. The van der Waals surface area contributed by atoms with Crippen LogP contribution in [0.4, 0.5) is 4.79 Å². The fourth-order valence-corrected chi connectivity index (χ4v) is 2.31. The number of hydrogen-bond acceptors (Lipinski definition) is 5. The maximum Gasteiger partial charge on any atom is 0.410 e. The van der Waals surface area contributed by atoms with E-state index in [-0.39, 0.29) is 30.5 Å². The monoisotopic (exact) mass is 287 g/mol. The summed E-state index contributed by atoms with van der Waals surface area (Å²) >= 11 is 0. The Labute approximate surface area is 120 Å². The van der Waals surface area contributed by atoms with Gasteiger partial charge in [-0.1, -0.05) is 0 Å². The minimum atomic E-state index is -0.521. The van der Waals surface area contributed by atoms with Gasteiger partial charge in [-0.2, -0.15) is 0 Å². The van der Waals surface area contributed by atoms with Gasteiger partial charge >= 0.3 is 12.1 Å². The SMILES string of the molecule is COC(=O)CC1CN(C(=O)OC(C)(C)C)CCC1OC. The van der Waals surface area contributed by atoms with Gasteiger partial charge in [-0.05, 0) is 27.2 Å². The number of rotatable bonds is 3. The lowest BCUT2D eigenvalue weighted by molar-refractivity contribution is -0.144. The number of carbonyl (C=O) groups excluding carboxylic acids is 2. The molecule has 1 fully saturated rings. The Morgan fingerprint density at radius 2 is 1.90 bits per heavy atom. The molecule has 20 heavy (non-hydrogen) atoms. The van der Waals surface area contributed by atoms with Gasteiger partial charge in [0.2, 0.25) is 0 Å². The van der Waals surface area contributed by atoms with Crippen LogP contribution in [0.5, 0.6) is 0 Å². The highest BCUT2D eigenvalue weighted by Gasteiger charge is 2.34. The van der Waals surface area contributed by atoms with Gasteiger partial charge in [0, 0.05) is 26.1 Å². The third-order valence-corrected chi connectivity index (χ3v) is 3.28. The summed E-state index contributed by atoms with van der Waals surface area (Å²) in [4.78, 5) is 25.1. The molecule has 0 spiro atoms. The summed E-state index contributed by atoms with van der Waals surface area (Å²) in [5.41, 5.74) is -0.521. The van der Waals surface area contributed by atoms with E-state index >= 15 is 0 Å². The molecule has 2 unspecified atom stereocenters. The van der Waals surface area contributed by atoms with Crippen LogP contribution in [0.3, 0.4) is 0 Å². The van der Waals surface area contributed by atoms with Gasteiger partial charge in [0.1, 0.15) is 5.60 Å². The van der Waals surface area contributed by atoms with Crippen LogP contribution in [0.2, 0.25) is 0 Å². The number of hydrogen-bond donors (Lipinski definition) is 0. The van der Waals surface area contributed by atoms with Crippen LogP contribution < -0.4 is 0 Å². The Morgan fingerprint density at radius 3 is 2.40 bits per heavy atom. The standard InChI is InChI=1S/C14H25NO5/c1-14(2,3)20-13(17)15-7-6-11(18-4)10(9-15)8-12(16)19-5/h10-11H,6-9H2,1-5H3. The van der Waals surface area contributed by atoms with Gasteiger partial charge in [0.05, 0.1) is 19.6 Å². The van der Waals surface area contributed by atoms with E-state index in [4.69, 9.17) is 14.2 Å². The maximum atomic E-state index is 12.1. The number of piperidine rings is 1. The second kappa shape index (κ2) is 6.92. The summed E-state index contributed by atoms with van der Waals surface area (Å²) < 4.78 is 15.4. The molecule has 0 aromatic carbocycles. The molecule has 0 aromatic heterocycles. The molecule has 1 aliphatic heterocycles. The molecule has 1 heterocycles. The normalized spacial score (nSPS) is 23.4. The van der Waals surface area contributed by atoms with Crippen molar-refractivity contribution in [1.29, 1.82) is 0 Å². The fourth-order valence-electron chi connectivity index (χ4n) is 2.31. The first kappa shape index (κ1) is 16.8. The maximum absolute atomic E-state index is 12.1. The number of esters is 1. The molecule has 0 bridgehead atoms. The first-order valence-electron chi connectivity index (χ1n) is 6.84. The summed E-state index contributed by atoms with van der Waals surface area (Å²) in [6.45, 7) is 6.52. The topological polar surface area (TPSA) is 65.1 Å². The molecule has 0 N–H and O–H groups in total. The van der Waals surface area contributed by atoms with Crippen molar-refractivity contribution in [1.82, 2.24) is 4.90 Å². The molecule has 1 amide bonds. The number of carbonyl (C=O) groups is 2. The summed E-state index contributed by atoms with van der Waals surface area (Å²) in [5, 5.41) is 0. The Kier molecular flexibility index (Phi) is 5.80. The summed E-state index contributed by atoms with van der Waals surface area (Å²) in [6.07, 6.45) is 0.556. The van der Waals surface area contributed by atoms with Crippen LogP contribution in [0.1, 0.15) is 33.6 Å². The van der Waals surface area contributed by atoms with Gasteiger partial charge in [-0.25, -0.2) is 4.79 Å². The average molecular weight is 287 g/mol. The van der Waals surface area contributed by atoms with Gasteiger partial charge in [-0.3, -0.25) is 4.79 Å². The predicted octanol–water partition coefficient (Wildman–Crippen LogP) is 1.82. The predicted molar refractivity (Wildman–Crippen MR) is 73.3 cm³/mol. The molecule has 1 aliphatic rings. The first-order chi connectivity index (χ1) is 9.26. The van der Waals surface area contributed by atoms with E-state index in [2.05, 4.69) is 0 Å². The smallest absolute Gasteiger partial charge is 0.410 e. The molecule has 6 heteroatoms. The number of nitrogens with zero attached hydrogens (tertiary/aromatic N) is 1. The summed E-state index contributed by atoms with van der Waals surface area (Å²) in [7, 11) is 2.98. The molecule has 2 atom stereocenters. The lowest BCUT2D eigenvalue weighted by atomic mass is 9.92.